The molecule has 0 bridgehead atoms. The average molecular weight is 369 g/mol. The molecule has 0 unspecified atom stereocenters. The summed E-state index contributed by atoms with van der Waals surface area (Å²) in [5.74, 6) is -0.858. The van der Waals surface area contributed by atoms with Crippen LogP contribution in [-0.2, 0) is 19.4 Å². The Morgan fingerprint density at radius 3 is 2.60 bits per heavy atom. The third-order valence-corrected chi connectivity index (χ3v) is 5.70. The van der Waals surface area contributed by atoms with Crippen LogP contribution in [0.25, 0.3) is 0 Å². The highest BCUT2D eigenvalue weighted by Gasteiger charge is 2.32. The largest absolute Gasteiger partial charge is 0.482 e. The number of hydrogen-bond acceptors (Lipinski definition) is 7. The van der Waals surface area contributed by atoms with Crippen LogP contribution in [0.15, 0.2) is 18.2 Å². The standard InChI is InChI=1S/C14H15N3O7S/c18-13(15-3-5-25(22,23)6-4-15)8-16-11-7-10(17(20)21)1-2-12(11)24-9-14(16)19/h1-2,7H,3-6,8-9H2. The monoisotopic (exact) mass is 369 g/mol. The number of hydrogen-bond donors (Lipinski definition) is 0. The van der Waals surface area contributed by atoms with Crippen molar-refractivity contribution in [3.63, 3.8) is 0 Å². The normalized spacial score (nSPS) is 19.1. The van der Waals surface area contributed by atoms with Gasteiger partial charge in [0.1, 0.15) is 12.3 Å². The fourth-order valence-corrected chi connectivity index (χ4v) is 3.88. The van der Waals surface area contributed by atoms with Gasteiger partial charge in [-0.25, -0.2) is 8.42 Å². The molecule has 1 fully saturated rings. The first kappa shape index (κ1) is 17.1. The number of anilines is 1. The average Bonchev–Trinajstić information content (AvgIpc) is 2.56. The number of carbonyl (C=O) groups excluding carboxylic acids is 2. The van der Waals surface area contributed by atoms with E-state index in [0.717, 1.165) is 4.90 Å². The Kier molecular flexibility index (Phi) is 4.33. The van der Waals surface area contributed by atoms with Gasteiger partial charge >= 0.3 is 0 Å². The molecule has 0 spiro atoms. The Morgan fingerprint density at radius 1 is 1.28 bits per heavy atom. The van der Waals surface area contributed by atoms with E-state index in [4.69, 9.17) is 4.74 Å². The van der Waals surface area contributed by atoms with Crippen molar-refractivity contribution in [2.75, 3.05) is 42.6 Å². The minimum Gasteiger partial charge on any atom is -0.482 e. The molecular formula is C14H15N3O7S. The van der Waals surface area contributed by atoms with Gasteiger partial charge in [-0.3, -0.25) is 24.6 Å². The summed E-state index contributed by atoms with van der Waals surface area (Å²) in [4.78, 5) is 37.4. The van der Waals surface area contributed by atoms with Gasteiger partial charge < -0.3 is 9.64 Å². The molecule has 1 saturated heterocycles. The van der Waals surface area contributed by atoms with Crippen LogP contribution in [0.3, 0.4) is 0 Å². The molecule has 0 atom stereocenters. The van der Waals surface area contributed by atoms with Crippen LogP contribution in [-0.4, -0.2) is 67.8 Å². The zero-order valence-corrected chi connectivity index (χ0v) is 13.9. The number of ether oxygens (including phenoxy) is 1. The lowest BCUT2D eigenvalue weighted by molar-refractivity contribution is -0.384. The number of carbonyl (C=O) groups is 2. The molecule has 0 aromatic heterocycles. The summed E-state index contributed by atoms with van der Waals surface area (Å²) in [6, 6.07) is 3.81. The van der Waals surface area contributed by atoms with E-state index in [-0.39, 0.29) is 54.9 Å². The minimum absolute atomic E-state index is 0.0709. The second kappa shape index (κ2) is 6.31. The summed E-state index contributed by atoms with van der Waals surface area (Å²) in [6.07, 6.45) is 0. The Balaban J connectivity index is 1.80. The summed E-state index contributed by atoms with van der Waals surface area (Å²) in [6.45, 7) is -0.453. The van der Waals surface area contributed by atoms with Crippen LogP contribution in [0.2, 0.25) is 0 Å². The molecule has 0 N–H and O–H groups in total. The summed E-state index contributed by atoms with van der Waals surface area (Å²) >= 11 is 0. The predicted molar refractivity (Wildman–Crippen MR) is 86.2 cm³/mol. The van der Waals surface area contributed by atoms with E-state index in [0.29, 0.717) is 0 Å². The quantitative estimate of drug-likeness (QED) is 0.523. The molecule has 10 nitrogen and oxygen atoms in total. The second-order valence-electron chi connectivity index (χ2n) is 5.71. The number of sulfone groups is 1. The van der Waals surface area contributed by atoms with Gasteiger partial charge in [0.25, 0.3) is 11.6 Å². The highest BCUT2D eigenvalue weighted by molar-refractivity contribution is 7.91. The van der Waals surface area contributed by atoms with Crippen molar-refractivity contribution in [1.82, 2.24) is 4.90 Å². The number of amides is 2. The van der Waals surface area contributed by atoms with E-state index in [1.807, 2.05) is 0 Å². The van der Waals surface area contributed by atoms with Gasteiger partial charge in [0.15, 0.2) is 16.4 Å². The van der Waals surface area contributed by atoms with E-state index in [1.165, 1.54) is 23.1 Å². The van der Waals surface area contributed by atoms with Crippen molar-refractivity contribution in [2.45, 2.75) is 0 Å². The number of nitro groups is 1. The molecule has 1 aromatic rings. The first-order valence-corrected chi connectivity index (χ1v) is 9.29. The van der Waals surface area contributed by atoms with Crippen LogP contribution in [0, 0.1) is 10.1 Å². The second-order valence-corrected chi connectivity index (χ2v) is 8.01. The zero-order chi connectivity index (χ0) is 18.2. The van der Waals surface area contributed by atoms with Crippen LogP contribution < -0.4 is 9.64 Å². The fraction of sp³-hybridized carbons (Fsp3) is 0.429. The van der Waals surface area contributed by atoms with Crippen molar-refractivity contribution >= 4 is 33.0 Å². The third-order valence-electron chi connectivity index (χ3n) is 4.09. The van der Waals surface area contributed by atoms with E-state index in [2.05, 4.69) is 0 Å². The number of non-ortho nitro benzene ring substituents is 1. The smallest absolute Gasteiger partial charge is 0.271 e. The van der Waals surface area contributed by atoms with Crippen molar-refractivity contribution in [1.29, 1.82) is 0 Å². The molecule has 1 aromatic carbocycles. The minimum atomic E-state index is -3.13. The van der Waals surface area contributed by atoms with Crippen molar-refractivity contribution in [3.8, 4) is 5.75 Å². The van der Waals surface area contributed by atoms with Gasteiger partial charge in [0.05, 0.1) is 22.1 Å². The van der Waals surface area contributed by atoms with E-state index < -0.39 is 26.6 Å². The predicted octanol–water partition coefficient (Wildman–Crippen LogP) is -0.423. The SMILES string of the molecule is O=C(CN1C(=O)COc2ccc([N+](=O)[O-])cc21)N1CCS(=O)(=O)CC1. The lowest BCUT2D eigenvalue weighted by atomic mass is 10.2. The Morgan fingerprint density at radius 2 is 1.96 bits per heavy atom. The topological polar surface area (TPSA) is 127 Å². The summed E-state index contributed by atoms with van der Waals surface area (Å²) in [7, 11) is -3.13. The molecule has 134 valence electrons. The summed E-state index contributed by atoms with van der Waals surface area (Å²) < 4.78 is 28.1. The first-order chi connectivity index (χ1) is 11.8. The summed E-state index contributed by atoms with van der Waals surface area (Å²) in [5, 5.41) is 10.9. The van der Waals surface area contributed by atoms with E-state index >= 15 is 0 Å². The lowest BCUT2D eigenvalue weighted by Gasteiger charge is -2.32. The van der Waals surface area contributed by atoms with Crippen molar-refractivity contribution in [3.05, 3.63) is 28.3 Å². The number of rotatable bonds is 3. The maximum atomic E-state index is 12.4. The maximum Gasteiger partial charge on any atom is 0.271 e. The molecule has 2 aliphatic heterocycles. The molecule has 0 radical (unpaired) electrons. The van der Waals surface area contributed by atoms with Gasteiger partial charge in [-0.05, 0) is 6.07 Å². The van der Waals surface area contributed by atoms with Gasteiger partial charge in [0.2, 0.25) is 5.91 Å². The van der Waals surface area contributed by atoms with Gasteiger partial charge in [-0.15, -0.1) is 0 Å². The summed E-state index contributed by atoms with van der Waals surface area (Å²) in [5.41, 5.74) is -0.0676. The zero-order valence-electron chi connectivity index (χ0n) is 13.1. The van der Waals surface area contributed by atoms with E-state index in [1.54, 1.807) is 0 Å². The molecule has 11 heteroatoms. The Bertz CT molecular complexity index is 838. The number of nitrogens with zero attached hydrogens (tertiary/aromatic N) is 3. The van der Waals surface area contributed by atoms with Crippen molar-refractivity contribution < 1.29 is 27.7 Å². The highest BCUT2D eigenvalue weighted by Crippen LogP contribution is 2.35. The van der Waals surface area contributed by atoms with Crippen molar-refractivity contribution in [2.24, 2.45) is 0 Å². The third kappa shape index (κ3) is 3.55. The Hall–Kier alpha value is -2.69. The highest BCUT2D eigenvalue weighted by atomic mass is 32.2. The molecule has 25 heavy (non-hydrogen) atoms. The molecule has 0 aliphatic carbocycles. The van der Waals surface area contributed by atoms with Crippen LogP contribution in [0.5, 0.6) is 5.75 Å². The Labute approximate surface area is 143 Å². The molecule has 2 heterocycles. The van der Waals surface area contributed by atoms with Gasteiger partial charge in [0, 0.05) is 25.2 Å². The van der Waals surface area contributed by atoms with Crippen LogP contribution in [0.1, 0.15) is 0 Å². The molecule has 2 aliphatic rings. The lowest BCUT2D eigenvalue weighted by Crippen LogP contribution is -2.50. The number of benzene rings is 1. The molecule has 3 rings (SSSR count). The van der Waals surface area contributed by atoms with Crippen LogP contribution in [0.4, 0.5) is 11.4 Å². The fourth-order valence-electron chi connectivity index (χ4n) is 2.67. The molecule has 2 amide bonds. The first-order valence-electron chi connectivity index (χ1n) is 7.47. The van der Waals surface area contributed by atoms with Gasteiger partial charge in [-0.2, -0.15) is 0 Å². The molecule has 0 saturated carbocycles. The van der Waals surface area contributed by atoms with Gasteiger partial charge in [-0.1, -0.05) is 0 Å². The maximum absolute atomic E-state index is 12.4. The van der Waals surface area contributed by atoms with E-state index in [9.17, 15) is 28.1 Å². The number of fused-ring (bicyclic) bond motifs is 1. The van der Waals surface area contributed by atoms with Crippen LogP contribution >= 0.6 is 0 Å². The molecular weight excluding hydrogens is 354 g/mol. The number of nitro benzene ring substituents is 1.